The molecule has 2 heterocycles. The third-order valence-corrected chi connectivity index (χ3v) is 5.15. The topological polar surface area (TPSA) is 43.2 Å². The molecular formula is C17H19BrN4. The lowest BCUT2D eigenvalue weighted by Gasteiger charge is -2.36. The zero-order valence-electron chi connectivity index (χ0n) is 12.9. The molecule has 1 aliphatic rings. The highest BCUT2D eigenvalue weighted by Crippen LogP contribution is 2.32. The molecule has 0 N–H and O–H groups in total. The Morgan fingerprint density at radius 1 is 1.32 bits per heavy atom. The minimum absolute atomic E-state index is 0.517. The molecule has 1 saturated heterocycles. The summed E-state index contributed by atoms with van der Waals surface area (Å²) in [5, 5.41) is 11.2. The fourth-order valence-corrected chi connectivity index (χ4v) is 3.53. The third kappa shape index (κ3) is 2.81. The standard InChI is InChI=1S/C17H19BrN4/c1-21-7-5-13(6-8-21)22(2)17-14-4-3-12(10-19)9-15(14)16(18)11-20-17/h3-4,9,11,13H,5-8H2,1-2H3. The van der Waals surface area contributed by atoms with Gasteiger partial charge in [0.1, 0.15) is 5.82 Å². The van der Waals surface area contributed by atoms with Gasteiger partial charge in [-0.1, -0.05) is 0 Å². The van der Waals surface area contributed by atoms with E-state index in [1.165, 1.54) is 0 Å². The van der Waals surface area contributed by atoms with Crippen LogP contribution in [-0.4, -0.2) is 43.1 Å². The van der Waals surface area contributed by atoms with Crippen LogP contribution in [-0.2, 0) is 0 Å². The number of rotatable bonds is 2. The lowest BCUT2D eigenvalue weighted by molar-refractivity contribution is 0.252. The van der Waals surface area contributed by atoms with Crippen molar-refractivity contribution >= 4 is 32.5 Å². The summed E-state index contributed by atoms with van der Waals surface area (Å²) in [6, 6.07) is 8.51. The van der Waals surface area contributed by atoms with Crippen LogP contribution < -0.4 is 4.90 Å². The van der Waals surface area contributed by atoms with Crippen molar-refractivity contribution in [1.82, 2.24) is 9.88 Å². The molecule has 22 heavy (non-hydrogen) atoms. The Labute approximate surface area is 139 Å². The number of anilines is 1. The number of benzene rings is 1. The van der Waals surface area contributed by atoms with Gasteiger partial charge in [-0.25, -0.2) is 4.98 Å². The first-order valence-electron chi connectivity index (χ1n) is 7.50. The van der Waals surface area contributed by atoms with E-state index in [2.05, 4.69) is 50.9 Å². The predicted molar refractivity (Wildman–Crippen MR) is 93.1 cm³/mol. The van der Waals surface area contributed by atoms with Crippen LogP contribution in [0.25, 0.3) is 10.8 Å². The molecule has 114 valence electrons. The highest BCUT2D eigenvalue weighted by Gasteiger charge is 2.23. The van der Waals surface area contributed by atoms with E-state index in [0.29, 0.717) is 11.6 Å². The normalized spacial score (nSPS) is 16.6. The molecule has 0 bridgehead atoms. The minimum Gasteiger partial charge on any atom is -0.356 e. The van der Waals surface area contributed by atoms with Crippen LogP contribution in [0.2, 0.25) is 0 Å². The van der Waals surface area contributed by atoms with Crippen molar-refractivity contribution in [2.45, 2.75) is 18.9 Å². The van der Waals surface area contributed by atoms with Crippen molar-refractivity contribution < 1.29 is 0 Å². The Bertz CT molecular complexity index is 729. The average Bonchev–Trinajstić information content (AvgIpc) is 2.55. The second-order valence-electron chi connectivity index (χ2n) is 5.95. The molecule has 0 radical (unpaired) electrons. The highest BCUT2D eigenvalue weighted by atomic mass is 79.9. The number of nitriles is 1. The van der Waals surface area contributed by atoms with Gasteiger partial charge < -0.3 is 9.80 Å². The number of fused-ring (bicyclic) bond motifs is 1. The van der Waals surface area contributed by atoms with E-state index in [1.54, 1.807) is 0 Å². The van der Waals surface area contributed by atoms with E-state index in [9.17, 15) is 0 Å². The number of hydrogen-bond acceptors (Lipinski definition) is 4. The van der Waals surface area contributed by atoms with Gasteiger partial charge in [-0.2, -0.15) is 5.26 Å². The van der Waals surface area contributed by atoms with Crippen molar-refractivity contribution in [2.24, 2.45) is 0 Å². The van der Waals surface area contributed by atoms with Crippen molar-refractivity contribution in [1.29, 1.82) is 5.26 Å². The summed E-state index contributed by atoms with van der Waals surface area (Å²) in [6.07, 6.45) is 4.15. The molecule has 1 fully saturated rings. The van der Waals surface area contributed by atoms with Crippen LogP contribution >= 0.6 is 15.9 Å². The van der Waals surface area contributed by atoms with E-state index in [-0.39, 0.29) is 0 Å². The average molecular weight is 359 g/mol. The number of likely N-dealkylation sites (tertiary alicyclic amines) is 1. The summed E-state index contributed by atoms with van der Waals surface area (Å²) in [6.45, 7) is 2.25. The zero-order chi connectivity index (χ0) is 15.7. The summed E-state index contributed by atoms with van der Waals surface area (Å²) in [4.78, 5) is 9.31. The van der Waals surface area contributed by atoms with Gasteiger partial charge >= 0.3 is 0 Å². The predicted octanol–water partition coefficient (Wildman–Crippen LogP) is 3.40. The van der Waals surface area contributed by atoms with Crippen LogP contribution in [0.3, 0.4) is 0 Å². The monoisotopic (exact) mass is 358 g/mol. The number of halogens is 1. The third-order valence-electron chi connectivity index (χ3n) is 4.52. The highest BCUT2D eigenvalue weighted by molar-refractivity contribution is 9.10. The van der Waals surface area contributed by atoms with Crippen molar-refractivity contribution in [3.63, 3.8) is 0 Å². The first-order valence-corrected chi connectivity index (χ1v) is 8.29. The Hall–Kier alpha value is -1.64. The second kappa shape index (κ2) is 6.23. The maximum absolute atomic E-state index is 9.10. The molecule has 2 aromatic rings. The fourth-order valence-electron chi connectivity index (χ4n) is 3.10. The SMILES string of the molecule is CN1CCC(N(C)c2ncc(Br)c3cc(C#N)ccc23)CC1. The van der Waals surface area contributed by atoms with E-state index in [4.69, 9.17) is 5.26 Å². The Balaban J connectivity index is 2.00. The molecule has 1 aromatic heterocycles. The molecule has 3 rings (SSSR count). The fraction of sp³-hybridized carbons (Fsp3) is 0.412. The molecule has 0 amide bonds. The molecule has 5 heteroatoms. The number of nitrogens with zero attached hydrogens (tertiary/aromatic N) is 4. The van der Waals surface area contributed by atoms with Gasteiger partial charge in [0.2, 0.25) is 0 Å². The number of pyridine rings is 1. The largest absolute Gasteiger partial charge is 0.356 e. The molecule has 0 saturated carbocycles. The Morgan fingerprint density at radius 2 is 2.05 bits per heavy atom. The molecule has 0 unspecified atom stereocenters. The van der Waals surface area contributed by atoms with Crippen molar-refractivity contribution in [2.75, 3.05) is 32.1 Å². The van der Waals surface area contributed by atoms with E-state index in [1.807, 2.05) is 24.4 Å². The molecule has 1 aliphatic heterocycles. The number of piperidine rings is 1. The van der Waals surface area contributed by atoms with Crippen LogP contribution in [0.1, 0.15) is 18.4 Å². The molecular weight excluding hydrogens is 340 g/mol. The van der Waals surface area contributed by atoms with Gasteiger partial charge in [0, 0.05) is 34.5 Å². The maximum Gasteiger partial charge on any atom is 0.136 e. The summed E-state index contributed by atoms with van der Waals surface area (Å²) < 4.78 is 0.931. The number of aromatic nitrogens is 1. The lowest BCUT2D eigenvalue weighted by atomic mass is 10.0. The first-order chi connectivity index (χ1) is 10.6. The number of hydrogen-bond donors (Lipinski definition) is 0. The van der Waals surface area contributed by atoms with Gasteiger partial charge in [-0.15, -0.1) is 0 Å². The van der Waals surface area contributed by atoms with E-state index >= 15 is 0 Å². The summed E-state index contributed by atoms with van der Waals surface area (Å²) in [5.74, 6) is 0.997. The second-order valence-corrected chi connectivity index (χ2v) is 6.80. The molecule has 0 aliphatic carbocycles. The van der Waals surface area contributed by atoms with E-state index < -0.39 is 0 Å². The molecule has 0 spiro atoms. The van der Waals surface area contributed by atoms with Gasteiger partial charge in [-0.05, 0) is 67.1 Å². The van der Waals surface area contributed by atoms with Crippen molar-refractivity contribution in [3.8, 4) is 6.07 Å². The zero-order valence-corrected chi connectivity index (χ0v) is 14.5. The molecule has 4 nitrogen and oxygen atoms in total. The summed E-state index contributed by atoms with van der Waals surface area (Å²) in [7, 11) is 4.30. The summed E-state index contributed by atoms with van der Waals surface area (Å²) >= 11 is 3.55. The van der Waals surface area contributed by atoms with Crippen LogP contribution in [0.15, 0.2) is 28.9 Å². The Kier molecular flexibility index (Phi) is 4.32. The smallest absolute Gasteiger partial charge is 0.136 e. The summed E-state index contributed by atoms with van der Waals surface area (Å²) in [5.41, 5.74) is 0.673. The van der Waals surface area contributed by atoms with Gasteiger partial charge in [-0.3, -0.25) is 0 Å². The lowest BCUT2D eigenvalue weighted by Crippen LogP contribution is -2.42. The molecule has 1 aromatic carbocycles. The van der Waals surface area contributed by atoms with Crippen LogP contribution in [0.4, 0.5) is 5.82 Å². The van der Waals surface area contributed by atoms with Crippen LogP contribution in [0, 0.1) is 11.3 Å². The quantitative estimate of drug-likeness (QED) is 0.824. The van der Waals surface area contributed by atoms with Crippen molar-refractivity contribution in [3.05, 3.63) is 34.4 Å². The van der Waals surface area contributed by atoms with Gasteiger partial charge in [0.05, 0.1) is 11.6 Å². The van der Waals surface area contributed by atoms with Gasteiger partial charge in [0.15, 0.2) is 0 Å². The van der Waals surface area contributed by atoms with E-state index in [0.717, 1.165) is 47.0 Å². The van der Waals surface area contributed by atoms with Gasteiger partial charge in [0.25, 0.3) is 0 Å². The van der Waals surface area contributed by atoms with Crippen LogP contribution in [0.5, 0.6) is 0 Å². The molecule has 0 atom stereocenters. The Morgan fingerprint density at radius 3 is 2.73 bits per heavy atom. The maximum atomic E-state index is 9.10. The minimum atomic E-state index is 0.517. The first kappa shape index (κ1) is 15.3.